The van der Waals surface area contributed by atoms with Crippen molar-refractivity contribution in [2.24, 2.45) is 0 Å². The number of nitrogens with zero attached hydrogens (tertiary/aromatic N) is 1. The molecule has 0 aliphatic carbocycles. The first-order valence-corrected chi connectivity index (χ1v) is 6.16. The molecule has 0 unspecified atom stereocenters. The summed E-state index contributed by atoms with van der Waals surface area (Å²) in [6.45, 7) is 0.619. The summed E-state index contributed by atoms with van der Waals surface area (Å²) in [5.74, 6) is -0.0495. The van der Waals surface area contributed by atoms with Crippen molar-refractivity contribution in [2.75, 3.05) is 6.61 Å². The molecule has 4 heteroatoms. The van der Waals surface area contributed by atoms with Gasteiger partial charge in [-0.05, 0) is 36.6 Å². The maximum atomic E-state index is 12.8. The van der Waals surface area contributed by atoms with Crippen LogP contribution >= 0.6 is 0 Å². The summed E-state index contributed by atoms with van der Waals surface area (Å²) < 4.78 is 18.4. The molecule has 3 nitrogen and oxygen atoms in total. The van der Waals surface area contributed by atoms with E-state index in [4.69, 9.17) is 4.74 Å². The van der Waals surface area contributed by atoms with E-state index in [1.807, 2.05) is 12.1 Å². The Balaban J connectivity index is 2.02. The van der Waals surface area contributed by atoms with Crippen molar-refractivity contribution in [1.82, 2.24) is 4.98 Å². The fraction of sp³-hybridized carbons (Fsp3) is 0.200. The smallest absolute Gasteiger partial charge is 0.215 e. The largest absolute Gasteiger partial charge is 0.493 e. The van der Waals surface area contributed by atoms with Gasteiger partial charge in [0.1, 0.15) is 17.3 Å². The number of carbonyl (C=O) groups is 1. The van der Waals surface area contributed by atoms with E-state index in [0.29, 0.717) is 17.9 Å². The molecule has 1 aromatic heterocycles. The van der Waals surface area contributed by atoms with Crippen LogP contribution in [-0.4, -0.2) is 17.4 Å². The van der Waals surface area contributed by atoms with Gasteiger partial charge in [0, 0.05) is 0 Å². The van der Waals surface area contributed by atoms with E-state index in [2.05, 4.69) is 4.98 Å². The standard InChI is InChI=1S/C15H12FNO2/c16-11-6-7-13(17-9-11)14(18)12-5-1-3-10-4-2-8-19-15(10)12/h1,3,5-7,9H,2,4,8H2. The summed E-state index contributed by atoms with van der Waals surface area (Å²) in [6.07, 6.45) is 2.91. The van der Waals surface area contributed by atoms with E-state index >= 15 is 0 Å². The lowest BCUT2D eigenvalue weighted by Crippen LogP contribution is -2.14. The molecule has 0 amide bonds. The average molecular weight is 257 g/mol. The molecule has 0 radical (unpaired) electrons. The molecule has 2 aromatic rings. The van der Waals surface area contributed by atoms with Crippen LogP contribution in [0.4, 0.5) is 4.39 Å². The number of carbonyl (C=O) groups excluding carboxylic acids is 1. The maximum Gasteiger partial charge on any atom is 0.215 e. The molecule has 0 spiro atoms. The minimum Gasteiger partial charge on any atom is -0.493 e. The normalized spacial score (nSPS) is 13.5. The van der Waals surface area contributed by atoms with Crippen molar-refractivity contribution in [3.63, 3.8) is 0 Å². The van der Waals surface area contributed by atoms with Crippen LogP contribution in [0.3, 0.4) is 0 Å². The second kappa shape index (κ2) is 4.80. The van der Waals surface area contributed by atoms with Crippen molar-refractivity contribution in [3.8, 4) is 5.75 Å². The van der Waals surface area contributed by atoms with E-state index in [0.717, 1.165) is 24.6 Å². The Morgan fingerprint density at radius 1 is 1.26 bits per heavy atom. The van der Waals surface area contributed by atoms with Crippen LogP contribution in [0.2, 0.25) is 0 Å². The molecule has 1 aromatic carbocycles. The molecule has 0 atom stereocenters. The van der Waals surface area contributed by atoms with Gasteiger partial charge in [0.15, 0.2) is 0 Å². The number of rotatable bonds is 2. The third kappa shape index (κ3) is 2.21. The van der Waals surface area contributed by atoms with Gasteiger partial charge in [-0.25, -0.2) is 9.37 Å². The first kappa shape index (κ1) is 11.8. The van der Waals surface area contributed by atoms with Gasteiger partial charge in [-0.2, -0.15) is 0 Å². The molecular weight excluding hydrogens is 245 g/mol. The van der Waals surface area contributed by atoms with Crippen LogP contribution in [0.5, 0.6) is 5.75 Å². The number of halogens is 1. The number of aromatic nitrogens is 1. The van der Waals surface area contributed by atoms with Crippen LogP contribution in [0.1, 0.15) is 28.0 Å². The summed E-state index contributed by atoms with van der Waals surface area (Å²) in [5.41, 5.74) is 1.76. The highest BCUT2D eigenvalue weighted by atomic mass is 19.1. The van der Waals surface area contributed by atoms with Gasteiger partial charge in [-0.3, -0.25) is 4.79 Å². The van der Waals surface area contributed by atoms with Crippen LogP contribution in [-0.2, 0) is 6.42 Å². The predicted molar refractivity (Wildman–Crippen MR) is 67.9 cm³/mol. The Bertz CT molecular complexity index is 623. The van der Waals surface area contributed by atoms with Gasteiger partial charge in [0.2, 0.25) is 5.78 Å². The lowest BCUT2D eigenvalue weighted by molar-refractivity contribution is 0.102. The Labute approximate surface area is 110 Å². The summed E-state index contributed by atoms with van der Waals surface area (Å²) in [6, 6.07) is 8.14. The van der Waals surface area contributed by atoms with Crippen molar-refractivity contribution >= 4 is 5.78 Å². The lowest BCUT2D eigenvalue weighted by atomic mass is 9.99. The Hall–Kier alpha value is -2.23. The number of ketones is 1. The number of hydrogen-bond donors (Lipinski definition) is 0. The highest BCUT2D eigenvalue weighted by Crippen LogP contribution is 2.30. The number of ether oxygens (including phenoxy) is 1. The highest BCUT2D eigenvalue weighted by Gasteiger charge is 2.20. The minimum absolute atomic E-state index is 0.226. The second-order valence-electron chi connectivity index (χ2n) is 4.44. The van der Waals surface area contributed by atoms with Gasteiger partial charge in [-0.15, -0.1) is 0 Å². The summed E-state index contributed by atoms with van der Waals surface area (Å²) in [7, 11) is 0. The molecule has 2 heterocycles. The number of benzene rings is 1. The first-order chi connectivity index (χ1) is 9.25. The topological polar surface area (TPSA) is 39.2 Å². The maximum absolute atomic E-state index is 12.8. The summed E-state index contributed by atoms with van der Waals surface area (Å²) in [5, 5.41) is 0. The highest BCUT2D eigenvalue weighted by molar-refractivity contribution is 6.09. The Morgan fingerprint density at radius 2 is 2.16 bits per heavy atom. The minimum atomic E-state index is -0.456. The molecule has 0 bridgehead atoms. The molecule has 0 saturated heterocycles. The zero-order valence-electron chi connectivity index (χ0n) is 10.2. The van der Waals surface area contributed by atoms with E-state index < -0.39 is 5.82 Å². The molecule has 1 aliphatic heterocycles. The predicted octanol–water partition coefficient (Wildman–Crippen LogP) is 2.78. The van der Waals surface area contributed by atoms with E-state index in [9.17, 15) is 9.18 Å². The van der Waals surface area contributed by atoms with Crippen LogP contribution in [0, 0.1) is 5.82 Å². The average Bonchev–Trinajstić information content (AvgIpc) is 2.47. The van der Waals surface area contributed by atoms with E-state index in [1.54, 1.807) is 6.07 Å². The third-order valence-corrected chi connectivity index (χ3v) is 3.14. The quantitative estimate of drug-likeness (QED) is 0.776. The lowest BCUT2D eigenvalue weighted by Gasteiger charge is -2.19. The van der Waals surface area contributed by atoms with E-state index in [1.165, 1.54) is 12.1 Å². The molecule has 19 heavy (non-hydrogen) atoms. The molecule has 3 rings (SSSR count). The molecule has 1 aliphatic rings. The second-order valence-corrected chi connectivity index (χ2v) is 4.44. The SMILES string of the molecule is O=C(c1ccc(F)cn1)c1cccc2c1OCCC2. The molecule has 0 fully saturated rings. The molecule has 96 valence electrons. The Kier molecular flexibility index (Phi) is 2.99. The van der Waals surface area contributed by atoms with Gasteiger partial charge >= 0.3 is 0 Å². The Morgan fingerprint density at radius 3 is 2.95 bits per heavy atom. The van der Waals surface area contributed by atoms with Crippen LogP contribution in [0.25, 0.3) is 0 Å². The zero-order chi connectivity index (χ0) is 13.2. The fourth-order valence-electron chi connectivity index (χ4n) is 2.22. The zero-order valence-corrected chi connectivity index (χ0v) is 10.2. The molecule has 0 N–H and O–H groups in total. The van der Waals surface area contributed by atoms with Gasteiger partial charge < -0.3 is 4.74 Å². The third-order valence-electron chi connectivity index (χ3n) is 3.14. The number of aryl methyl sites for hydroxylation is 1. The molecule has 0 saturated carbocycles. The number of para-hydroxylation sites is 1. The van der Waals surface area contributed by atoms with Crippen molar-refractivity contribution in [1.29, 1.82) is 0 Å². The first-order valence-electron chi connectivity index (χ1n) is 6.16. The van der Waals surface area contributed by atoms with Gasteiger partial charge in [-0.1, -0.05) is 12.1 Å². The number of pyridine rings is 1. The number of hydrogen-bond acceptors (Lipinski definition) is 3. The fourth-order valence-corrected chi connectivity index (χ4v) is 2.22. The summed E-state index contributed by atoms with van der Waals surface area (Å²) >= 11 is 0. The number of fused-ring (bicyclic) bond motifs is 1. The monoisotopic (exact) mass is 257 g/mol. The van der Waals surface area contributed by atoms with E-state index in [-0.39, 0.29) is 11.5 Å². The van der Waals surface area contributed by atoms with Crippen LogP contribution < -0.4 is 4.74 Å². The van der Waals surface area contributed by atoms with Crippen molar-refractivity contribution in [2.45, 2.75) is 12.8 Å². The van der Waals surface area contributed by atoms with Crippen LogP contribution in [0.15, 0.2) is 36.5 Å². The van der Waals surface area contributed by atoms with Gasteiger partial charge in [0.05, 0.1) is 18.4 Å². The van der Waals surface area contributed by atoms with Gasteiger partial charge in [0.25, 0.3) is 0 Å². The molecular formula is C15H12FNO2. The van der Waals surface area contributed by atoms with Crippen molar-refractivity contribution in [3.05, 3.63) is 59.2 Å². The summed E-state index contributed by atoms with van der Waals surface area (Å²) in [4.78, 5) is 16.2. The van der Waals surface area contributed by atoms with Crippen molar-refractivity contribution < 1.29 is 13.9 Å².